The highest BCUT2D eigenvalue weighted by Gasteiger charge is 2.13. The summed E-state index contributed by atoms with van der Waals surface area (Å²) in [5.41, 5.74) is 3.31. The van der Waals surface area contributed by atoms with Gasteiger partial charge >= 0.3 is 0 Å². The first-order valence-electron chi connectivity index (χ1n) is 10.6. The Morgan fingerprint density at radius 2 is 1.62 bits per heavy atom. The fourth-order valence-corrected chi connectivity index (χ4v) is 3.35. The number of carbonyl (C=O) groups excluding carboxylic acids is 1. The molecule has 0 aliphatic rings. The Bertz CT molecular complexity index is 1190. The van der Waals surface area contributed by atoms with Gasteiger partial charge < -0.3 is 14.5 Å². The molecule has 0 fully saturated rings. The van der Waals surface area contributed by atoms with Crippen LogP contribution in [0.3, 0.4) is 0 Å². The van der Waals surface area contributed by atoms with E-state index in [1.807, 2.05) is 72.8 Å². The zero-order valence-electron chi connectivity index (χ0n) is 18.1. The molecule has 0 aliphatic carbocycles. The van der Waals surface area contributed by atoms with Gasteiger partial charge in [0.15, 0.2) is 6.61 Å². The standard InChI is InChI=1S/C26H25N3O3/c1-3-18(2)22-14-7-8-15-23(22)31-17-24(30)27-21-13-9-12-20(16-21)26-29-28-25(32-26)19-10-5-4-6-11-19/h4-16,18H,3,17H2,1-2H3,(H,27,30). The van der Waals surface area contributed by atoms with Crippen molar-refractivity contribution in [1.82, 2.24) is 10.2 Å². The average Bonchev–Trinajstić information content (AvgIpc) is 3.34. The van der Waals surface area contributed by atoms with E-state index in [4.69, 9.17) is 9.15 Å². The van der Waals surface area contributed by atoms with Crippen LogP contribution in [0.5, 0.6) is 5.75 Å². The number of rotatable bonds is 8. The first-order chi connectivity index (χ1) is 15.6. The fourth-order valence-electron chi connectivity index (χ4n) is 3.35. The van der Waals surface area contributed by atoms with E-state index >= 15 is 0 Å². The van der Waals surface area contributed by atoms with E-state index in [0.29, 0.717) is 23.4 Å². The minimum Gasteiger partial charge on any atom is -0.483 e. The maximum absolute atomic E-state index is 12.5. The van der Waals surface area contributed by atoms with Crippen LogP contribution in [-0.2, 0) is 4.79 Å². The number of nitrogens with zero attached hydrogens (tertiary/aromatic N) is 2. The highest BCUT2D eigenvalue weighted by atomic mass is 16.5. The Kier molecular flexibility index (Phi) is 6.60. The summed E-state index contributed by atoms with van der Waals surface area (Å²) in [6.07, 6.45) is 1.00. The predicted molar refractivity (Wildman–Crippen MR) is 124 cm³/mol. The van der Waals surface area contributed by atoms with Crippen LogP contribution in [0.15, 0.2) is 83.3 Å². The van der Waals surface area contributed by atoms with Gasteiger partial charge in [0, 0.05) is 16.8 Å². The second-order valence-electron chi connectivity index (χ2n) is 7.54. The third kappa shape index (κ3) is 5.03. The van der Waals surface area contributed by atoms with Crippen LogP contribution in [0, 0.1) is 0 Å². The number of para-hydroxylation sites is 1. The largest absolute Gasteiger partial charge is 0.483 e. The molecule has 1 amide bonds. The number of benzene rings is 3. The van der Waals surface area contributed by atoms with Crippen LogP contribution in [0.2, 0.25) is 0 Å². The Balaban J connectivity index is 1.42. The van der Waals surface area contributed by atoms with Crippen molar-refractivity contribution in [3.05, 3.63) is 84.4 Å². The summed E-state index contributed by atoms with van der Waals surface area (Å²) in [6.45, 7) is 4.21. The molecule has 0 bridgehead atoms. The first-order valence-corrected chi connectivity index (χ1v) is 10.6. The molecule has 0 aliphatic heterocycles. The summed E-state index contributed by atoms with van der Waals surface area (Å²) in [5.74, 6) is 1.70. The quantitative estimate of drug-likeness (QED) is 0.377. The molecule has 1 unspecified atom stereocenters. The molecular weight excluding hydrogens is 402 g/mol. The molecule has 3 aromatic carbocycles. The van der Waals surface area contributed by atoms with E-state index in [1.54, 1.807) is 6.07 Å². The molecule has 1 atom stereocenters. The van der Waals surface area contributed by atoms with Gasteiger partial charge in [0.25, 0.3) is 5.91 Å². The van der Waals surface area contributed by atoms with E-state index in [2.05, 4.69) is 29.4 Å². The maximum Gasteiger partial charge on any atom is 0.262 e. The summed E-state index contributed by atoms with van der Waals surface area (Å²) < 4.78 is 11.6. The molecule has 32 heavy (non-hydrogen) atoms. The molecule has 0 radical (unpaired) electrons. The molecule has 4 rings (SSSR count). The molecule has 4 aromatic rings. The maximum atomic E-state index is 12.5. The highest BCUT2D eigenvalue weighted by Crippen LogP contribution is 2.29. The van der Waals surface area contributed by atoms with Crippen LogP contribution in [0.4, 0.5) is 5.69 Å². The zero-order chi connectivity index (χ0) is 22.3. The van der Waals surface area contributed by atoms with Crippen LogP contribution < -0.4 is 10.1 Å². The lowest BCUT2D eigenvalue weighted by molar-refractivity contribution is -0.118. The van der Waals surface area contributed by atoms with Crippen molar-refractivity contribution in [3.8, 4) is 28.7 Å². The summed E-state index contributed by atoms with van der Waals surface area (Å²) in [6, 6.07) is 24.7. The SMILES string of the molecule is CCC(C)c1ccccc1OCC(=O)Nc1cccc(-c2nnc(-c3ccccc3)o2)c1. The van der Waals surface area contributed by atoms with Crippen molar-refractivity contribution in [3.63, 3.8) is 0 Å². The van der Waals surface area contributed by atoms with Crippen molar-refractivity contribution in [2.24, 2.45) is 0 Å². The van der Waals surface area contributed by atoms with Crippen LogP contribution >= 0.6 is 0 Å². The lowest BCUT2D eigenvalue weighted by atomic mass is 9.98. The van der Waals surface area contributed by atoms with Crippen molar-refractivity contribution in [2.75, 3.05) is 11.9 Å². The van der Waals surface area contributed by atoms with Gasteiger partial charge in [-0.25, -0.2) is 0 Å². The van der Waals surface area contributed by atoms with E-state index in [9.17, 15) is 4.79 Å². The lowest BCUT2D eigenvalue weighted by Crippen LogP contribution is -2.20. The van der Waals surface area contributed by atoms with E-state index in [-0.39, 0.29) is 12.5 Å². The van der Waals surface area contributed by atoms with Crippen molar-refractivity contribution in [1.29, 1.82) is 0 Å². The van der Waals surface area contributed by atoms with Gasteiger partial charge in [-0.05, 0) is 54.3 Å². The number of amides is 1. The van der Waals surface area contributed by atoms with Crippen LogP contribution in [0.1, 0.15) is 31.7 Å². The number of carbonyl (C=O) groups is 1. The van der Waals surface area contributed by atoms with Crippen LogP contribution in [-0.4, -0.2) is 22.7 Å². The summed E-state index contributed by atoms with van der Waals surface area (Å²) in [4.78, 5) is 12.5. The second kappa shape index (κ2) is 9.92. The minimum absolute atomic E-state index is 0.0730. The molecule has 162 valence electrons. The molecule has 1 heterocycles. The highest BCUT2D eigenvalue weighted by molar-refractivity contribution is 5.92. The third-order valence-corrected chi connectivity index (χ3v) is 5.26. The van der Waals surface area contributed by atoms with Gasteiger partial charge in [0.1, 0.15) is 5.75 Å². The Labute approximate surface area is 187 Å². The van der Waals surface area contributed by atoms with Gasteiger partial charge in [-0.15, -0.1) is 10.2 Å². The van der Waals surface area contributed by atoms with E-state index < -0.39 is 0 Å². The lowest BCUT2D eigenvalue weighted by Gasteiger charge is -2.15. The molecule has 1 aromatic heterocycles. The molecular formula is C26H25N3O3. The van der Waals surface area contributed by atoms with Gasteiger partial charge in [0.2, 0.25) is 11.8 Å². The summed E-state index contributed by atoms with van der Waals surface area (Å²) >= 11 is 0. The van der Waals surface area contributed by atoms with Gasteiger partial charge in [-0.1, -0.05) is 56.3 Å². The summed E-state index contributed by atoms with van der Waals surface area (Å²) in [5, 5.41) is 11.1. The van der Waals surface area contributed by atoms with Crippen molar-refractivity contribution >= 4 is 11.6 Å². The normalized spacial score (nSPS) is 11.7. The number of nitrogens with one attached hydrogen (secondary N) is 1. The smallest absolute Gasteiger partial charge is 0.262 e. The van der Waals surface area contributed by atoms with Gasteiger partial charge in [-0.2, -0.15) is 0 Å². The zero-order valence-corrected chi connectivity index (χ0v) is 18.1. The fraction of sp³-hybridized carbons (Fsp3) is 0.192. The van der Waals surface area contributed by atoms with Gasteiger partial charge in [0.05, 0.1) is 0 Å². The number of hydrogen-bond donors (Lipinski definition) is 1. The van der Waals surface area contributed by atoms with E-state index in [1.165, 1.54) is 0 Å². The Hall–Kier alpha value is -3.93. The number of anilines is 1. The molecule has 6 heteroatoms. The first kappa shape index (κ1) is 21.3. The van der Waals surface area contributed by atoms with Crippen molar-refractivity contribution < 1.29 is 13.9 Å². The third-order valence-electron chi connectivity index (χ3n) is 5.26. The molecule has 6 nitrogen and oxygen atoms in total. The number of ether oxygens (including phenoxy) is 1. The topological polar surface area (TPSA) is 77.2 Å². The predicted octanol–water partition coefficient (Wildman–Crippen LogP) is 5.93. The molecule has 0 spiro atoms. The monoisotopic (exact) mass is 427 g/mol. The number of aromatic nitrogens is 2. The molecule has 0 saturated heterocycles. The minimum atomic E-state index is -0.239. The summed E-state index contributed by atoms with van der Waals surface area (Å²) in [7, 11) is 0. The Morgan fingerprint density at radius 3 is 2.41 bits per heavy atom. The van der Waals surface area contributed by atoms with Crippen LogP contribution in [0.25, 0.3) is 22.9 Å². The van der Waals surface area contributed by atoms with Crippen molar-refractivity contribution in [2.45, 2.75) is 26.2 Å². The molecule has 1 N–H and O–H groups in total. The molecule has 0 saturated carbocycles. The van der Waals surface area contributed by atoms with Gasteiger partial charge in [-0.3, -0.25) is 4.79 Å². The Morgan fingerprint density at radius 1 is 0.938 bits per heavy atom. The van der Waals surface area contributed by atoms with E-state index in [0.717, 1.165) is 28.9 Å². The number of hydrogen-bond acceptors (Lipinski definition) is 5. The second-order valence-corrected chi connectivity index (χ2v) is 7.54. The average molecular weight is 428 g/mol.